The fourth-order valence-corrected chi connectivity index (χ4v) is 1.01. The predicted octanol–water partition coefficient (Wildman–Crippen LogP) is 1.50. The van der Waals surface area contributed by atoms with E-state index < -0.39 is 11.8 Å². The summed E-state index contributed by atoms with van der Waals surface area (Å²) >= 11 is 0. The lowest BCUT2D eigenvalue weighted by atomic mass is 10.1. The number of hydrogen-bond donors (Lipinski definition) is 2. The van der Waals surface area contributed by atoms with Gasteiger partial charge in [-0.2, -0.15) is 0 Å². The van der Waals surface area contributed by atoms with E-state index in [2.05, 4.69) is 0 Å². The standard InChI is InChI=1S/C9H10FNO3/c1-2-14-8-4-7(11)6(10)3-5(8)9(12)13/h3-4H,2,11H2,1H3,(H,12,13). The lowest BCUT2D eigenvalue weighted by Crippen LogP contribution is -2.05. The SMILES string of the molecule is CCOc1cc(N)c(F)cc1C(=O)O. The van der Waals surface area contributed by atoms with Gasteiger partial charge in [-0.1, -0.05) is 0 Å². The van der Waals surface area contributed by atoms with Gasteiger partial charge in [0, 0.05) is 6.07 Å². The molecule has 1 aromatic carbocycles. The van der Waals surface area contributed by atoms with E-state index in [9.17, 15) is 9.18 Å². The van der Waals surface area contributed by atoms with Crippen LogP contribution in [0.25, 0.3) is 0 Å². The number of hydrogen-bond acceptors (Lipinski definition) is 3. The van der Waals surface area contributed by atoms with Crippen LogP contribution in [-0.2, 0) is 0 Å². The average Bonchev–Trinajstić information content (AvgIpc) is 2.11. The summed E-state index contributed by atoms with van der Waals surface area (Å²) in [5, 5.41) is 8.72. The first kappa shape index (κ1) is 10.3. The predicted molar refractivity (Wildman–Crippen MR) is 48.9 cm³/mol. The molecule has 14 heavy (non-hydrogen) atoms. The highest BCUT2D eigenvalue weighted by molar-refractivity contribution is 5.91. The molecule has 0 aliphatic rings. The van der Waals surface area contributed by atoms with Gasteiger partial charge in [0.25, 0.3) is 0 Å². The molecule has 0 atom stereocenters. The number of nitrogen functional groups attached to an aromatic ring is 1. The molecule has 0 aromatic heterocycles. The lowest BCUT2D eigenvalue weighted by Gasteiger charge is -2.08. The second kappa shape index (κ2) is 3.95. The smallest absolute Gasteiger partial charge is 0.339 e. The number of carboxylic acid groups (broad SMARTS) is 1. The van der Waals surface area contributed by atoms with Crippen LogP contribution in [0.2, 0.25) is 0 Å². The Bertz CT molecular complexity index is 365. The zero-order chi connectivity index (χ0) is 10.7. The van der Waals surface area contributed by atoms with Gasteiger partial charge in [0.2, 0.25) is 0 Å². The van der Waals surface area contributed by atoms with E-state index in [1.807, 2.05) is 0 Å². The molecule has 4 nitrogen and oxygen atoms in total. The van der Waals surface area contributed by atoms with Crippen LogP contribution >= 0.6 is 0 Å². The maximum atomic E-state index is 12.9. The van der Waals surface area contributed by atoms with Gasteiger partial charge in [-0.15, -0.1) is 0 Å². The Labute approximate surface area is 80.1 Å². The van der Waals surface area contributed by atoms with Crippen molar-refractivity contribution in [2.24, 2.45) is 0 Å². The van der Waals surface area contributed by atoms with E-state index in [1.54, 1.807) is 6.92 Å². The van der Waals surface area contributed by atoms with Crippen LogP contribution in [0.15, 0.2) is 12.1 Å². The van der Waals surface area contributed by atoms with Gasteiger partial charge in [0.1, 0.15) is 17.1 Å². The normalized spacial score (nSPS) is 9.86. The first-order chi connectivity index (χ1) is 6.56. The number of nitrogens with two attached hydrogens (primary N) is 1. The molecular weight excluding hydrogens is 189 g/mol. The van der Waals surface area contributed by atoms with Crippen LogP contribution in [0.5, 0.6) is 5.75 Å². The van der Waals surface area contributed by atoms with E-state index in [4.69, 9.17) is 15.6 Å². The van der Waals surface area contributed by atoms with Gasteiger partial charge < -0.3 is 15.6 Å². The van der Waals surface area contributed by atoms with E-state index >= 15 is 0 Å². The summed E-state index contributed by atoms with van der Waals surface area (Å²) in [6.07, 6.45) is 0. The third-order valence-corrected chi connectivity index (χ3v) is 1.63. The topological polar surface area (TPSA) is 72.5 Å². The molecule has 0 saturated heterocycles. The molecule has 0 aliphatic heterocycles. The summed E-state index contributed by atoms with van der Waals surface area (Å²) < 4.78 is 17.9. The Hall–Kier alpha value is -1.78. The minimum atomic E-state index is -1.24. The average molecular weight is 199 g/mol. The molecule has 76 valence electrons. The highest BCUT2D eigenvalue weighted by Crippen LogP contribution is 2.24. The van der Waals surface area contributed by atoms with Gasteiger partial charge in [0.05, 0.1) is 12.3 Å². The summed E-state index contributed by atoms with van der Waals surface area (Å²) in [6, 6.07) is 2.02. The molecule has 0 radical (unpaired) electrons. The van der Waals surface area contributed by atoms with Gasteiger partial charge in [-0.25, -0.2) is 9.18 Å². The van der Waals surface area contributed by atoms with Crippen molar-refractivity contribution in [2.75, 3.05) is 12.3 Å². The van der Waals surface area contributed by atoms with Gasteiger partial charge in [-0.3, -0.25) is 0 Å². The lowest BCUT2D eigenvalue weighted by molar-refractivity contribution is 0.0692. The molecule has 5 heteroatoms. The summed E-state index contributed by atoms with van der Waals surface area (Å²) in [7, 11) is 0. The van der Waals surface area contributed by atoms with Crippen LogP contribution in [0.3, 0.4) is 0 Å². The molecule has 0 unspecified atom stereocenters. The van der Waals surface area contributed by atoms with Crippen LogP contribution in [0, 0.1) is 5.82 Å². The van der Waals surface area contributed by atoms with E-state index in [0.717, 1.165) is 6.07 Å². The Morgan fingerprint density at radius 3 is 2.79 bits per heavy atom. The van der Waals surface area contributed by atoms with Gasteiger partial charge >= 0.3 is 5.97 Å². The summed E-state index contributed by atoms with van der Waals surface area (Å²) in [4.78, 5) is 10.7. The molecule has 0 amide bonds. The van der Waals surface area contributed by atoms with E-state index in [0.29, 0.717) is 6.61 Å². The quantitative estimate of drug-likeness (QED) is 0.723. The summed E-state index contributed by atoms with van der Waals surface area (Å²) in [6.45, 7) is 2.00. The number of ether oxygens (including phenoxy) is 1. The molecule has 0 spiro atoms. The van der Waals surface area contributed by atoms with Crippen molar-refractivity contribution in [2.45, 2.75) is 6.92 Å². The number of carboxylic acids is 1. The fourth-order valence-electron chi connectivity index (χ4n) is 1.01. The van der Waals surface area contributed by atoms with Gasteiger partial charge in [-0.05, 0) is 13.0 Å². The molecular formula is C9H10FNO3. The third-order valence-electron chi connectivity index (χ3n) is 1.63. The number of aromatic carboxylic acids is 1. The van der Waals surface area contributed by atoms with Crippen LogP contribution in [0.1, 0.15) is 17.3 Å². The number of benzene rings is 1. The fraction of sp³-hybridized carbons (Fsp3) is 0.222. The largest absolute Gasteiger partial charge is 0.493 e. The molecule has 0 bridgehead atoms. The molecule has 0 fully saturated rings. The van der Waals surface area contributed by atoms with Crippen LogP contribution in [-0.4, -0.2) is 17.7 Å². The van der Waals surface area contributed by atoms with Crippen molar-refractivity contribution >= 4 is 11.7 Å². The molecule has 1 rings (SSSR count). The van der Waals surface area contributed by atoms with E-state index in [-0.39, 0.29) is 17.0 Å². The summed E-state index contributed by atoms with van der Waals surface area (Å²) in [5.41, 5.74) is 4.92. The summed E-state index contributed by atoms with van der Waals surface area (Å²) in [5.74, 6) is -1.92. The number of anilines is 1. The minimum Gasteiger partial charge on any atom is -0.493 e. The number of halogens is 1. The third kappa shape index (κ3) is 1.93. The molecule has 1 aromatic rings. The highest BCUT2D eigenvalue weighted by atomic mass is 19.1. The van der Waals surface area contributed by atoms with Crippen molar-refractivity contribution in [1.29, 1.82) is 0 Å². The molecule has 0 heterocycles. The Morgan fingerprint density at radius 1 is 1.64 bits per heavy atom. The zero-order valence-electron chi connectivity index (χ0n) is 7.58. The first-order valence-corrected chi connectivity index (χ1v) is 4.01. The Kier molecular flexibility index (Phi) is 2.91. The molecule has 0 saturated carbocycles. The first-order valence-electron chi connectivity index (χ1n) is 4.01. The van der Waals surface area contributed by atoms with Crippen LogP contribution in [0.4, 0.5) is 10.1 Å². The zero-order valence-corrected chi connectivity index (χ0v) is 7.58. The Balaban J connectivity index is 3.24. The van der Waals surface area contributed by atoms with Crippen LogP contribution < -0.4 is 10.5 Å². The Morgan fingerprint density at radius 2 is 2.29 bits per heavy atom. The second-order valence-electron chi connectivity index (χ2n) is 2.61. The van der Waals surface area contributed by atoms with Gasteiger partial charge in [0.15, 0.2) is 0 Å². The number of carbonyl (C=O) groups is 1. The van der Waals surface area contributed by atoms with Crippen molar-refractivity contribution in [3.63, 3.8) is 0 Å². The molecule has 0 aliphatic carbocycles. The molecule has 3 N–H and O–H groups in total. The maximum absolute atomic E-state index is 12.9. The van der Waals surface area contributed by atoms with Crippen molar-refractivity contribution < 1.29 is 19.0 Å². The second-order valence-corrected chi connectivity index (χ2v) is 2.61. The van der Waals surface area contributed by atoms with Crippen molar-refractivity contribution in [3.05, 3.63) is 23.5 Å². The number of rotatable bonds is 3. The maximum Gasteiger partial charge on any atom is 0.339 e. The van der Waals surface area contributed by atoms with Crippen molar-refractivity contribution in [3.8, 4) is 5.75 Å². The highest BCUT2D eigenvalue weighted by Gasteiger charge is 2.14. The minimum absolute atomic E-state index is 0.0823. The van der Waals surface area contributed by atoms with E-state index in [1.165, 1.54) is 6.07 Å². The monoisotopic (exact) mass is 199 g/mol. The van der Waals surface area contributed by atoms with Crippen molar-refractivity contribution in [1.82, 2.24) is 0 Å².